The van der Waals surface area contributed by atoms with Crippen LogP contribution in [0.1, 0.15) is 53.4 Å². The van der Waals surface area contributed by atoms with Crippen LogP contribution in [0.25, 0.3) is 0 Å². The molecule has 0 aromatic carbocycles. The van der Waals surface area contributed by atoms with Crippen LogP contribution < -0.4 is 5.32 Å². The molecule has 0 radical (unpaired) electrons. The van der Waals surface area contributed by atoms with Gasteiger partial charge in [0.25, 0.3) is 0 Å². The maximum atomic E-state index is 11.6. The Balaban J connectivity index is 2.28. The van der Waals surface area contributed by atoms with Crippen LogP contribution in [0, 0.1) is 17.8 Å². The average molecular weight is 299 g/mol. The summed E-state index contributed by atoms with van der Waals surface area (Å²) in [5.74, 6) is 0.717. The van der Waals surface area contributed by atoms with E-state index in [4.69, 9.17) is 9.47 Å². The largest absolute Gasteiger partial charge is 0.469 e. The zero-order chi connectivity index (χ0) is 16.0. The van der Waals surface area contributed by atoms with Gasteiger partial charge in [0.15, 0.2) is 0 Å². The summed E-state index contributed by atoms with van der Waals surface area (Å²) in [5.41, 5.74) is -0.461. The van der Waals surface area contributed by atoms with Crippen molar-refractivity contribution < 1.29 is 19.1 Å². The molecule has 0 bridgehead atoms. The Hall–Kier alpha value is -1.26. The lowest BCUT2D eigenvalue weighted by molar-refractivity contribution is -0.147. The predicted octanol–water partition coefficient (Wildman–Crippen LogP) is 3.13. The molecule has 21 heavy (non-hydrogen) atoms. The third-order valence-electron chi connectivity index (χ3n) is 4.11. The molecule has 1 atom stereocenters. The molecule has 1 unspecified atom stereocenters. The molecule has 5 heteroatoms. The Labute approximate surface area is 127 Å². The molecule has 5 nitrogen and oxygen atoms in total. The van der Waals surface area contributed by atoms with E-state index in [1.54, 1.807) is 0 Å². The van der Waals surface area contributed by atoms with Crippen molar-refractivity contribution in [2.24, 2.45) is 17.8 Å². The summed E-state index contributed by atoms with van der Waals surface area (Å²) >= 11 is 0. The van der Waals surface area contributed by atoms with Gasteiger partial charge >= 0.3 is 12.1 Å². The van der Waals surface area contributed by atoms with Crippen LogP contribution in [-0.4, -0.2) is 31.3 Å². The Morgan fingerprint density at radius 2 is 1.76 bits per heavy atom. The second-order valence-electron chi connectivity index (χ2n) is 6.98. The molecular formula is C16H29NO4. The van der Waals surface area contributed by atoms with E-state index in [9.17, 15) is 9.59 Å². The lowest BCUT2D eigenvalue weighted by Gasteiger charge is -2.31. The van der Waals surface area contributed by atoms with Gasteiger partial charge in [0.2, 0.25) is 0 Å². The van der Waals surface area contributed by atoms with Crippen LogP contribution in [0.5, 0.6) is 0 Å². The first-order valence-corrected chi connectivity index (χ1v) is 7.77. The number of hydrogen-bond acceptors (Lipinski definition) is 4. The normalized spacial score (nSPS) is 24.0. The van der Waals surface area contributed by atoms with Gasteiger partial charge in [-0.3, -0.25) is 4.79 Å². The lowest BCUT2D eigenvalue weighted by atomic mass is 9.76. The molecule has 0 aromatic rings. The summed E-state index contributed by atoms with van der Waals surface area (Å²) in [5, 5.41) is 2.83. The summed E-state index contributed by atoms with van der Waals surface area (Å²) in [6.07, 6.45) is 3.73. The number of hydrogen-bond donors (Lipinski definition) is 1. The van der Waals surface area contributed by atoms with Gasteiger partial charge in [0.05, 0.1) is 13.0 Å². The summed E-state index contributed by atoms with van der Waals surface area (Å²) in [4.78, 5) is 23.2. The highest BCUT2D eigenvalue weighted by molar-refractivity contribution is 5.72. The maximum Gasteiger partial charge on any atom is 0.407 e. The summed E-state index contributed by atoms with van der Waals surface area (Å²) in [7, 11) is 1.44. The highest BCUT2D eigenvalue weighted by Crippen LogP contribution is 2.33. The molecule has 1 aliphatic carbocycles. The second kappa shape index (κ2) is 7.66. The molecule has 122 valence electrons. The van der Waals surface area contributed by atoms with E-state index in [0.717, 1.165) is 25.7 Å². The number of amides is 1. The van der Waals surface area contributed by atoms with Crippen molar-refractivity contribution in [1.82, 2.24) is 5.32 Å². The molecule has 0 heterocycles. The number of carbonyl (C=O) groups excluding carboxylic acids is 2. The van der Waals surface area contributed by atoms with Gasteiger partial charge in [-0.2, -0.15) is 0 Å². The quantitative estimate of drug-likeness (QED) is 0.810. The van der Waals surface area contributed by atoms with Crippen molar-refractivity contribution >= 4 is 12.1 Å². The predicted molar refractivity (Wildman–Crippen MR) is 80.9 cm³/mol. The molecule has 1 saturated carbocycles. The van der Waals surface area contributed by atoms with Gasteiger partial charge < -0.3 is 14.8 Å². The first kappa shape index (κ1) is 17.8. The van der Waals surface area contributed by atoms with Gasteiger partial charge in [-0.1, -0.05) is 6.92 Å². The second-order valence-corrected chi connectivity index (χ2v) is 6.98. The molecule has 1 amide bonds. The molecular weight excluding hydrogens is 270 g/mol. The third kappa shape index (κ3) is 6.36. The highest BCUT2D eigenvalue weighted by atomic mass is 16.6. The molecule has 0 spiro atoms. The fourth-order valence-corrected chi connectivity index (χ4v) is 2.81. The van der Waals surface area contributed by atoms with Gasteiger partial charge in [-0.15, -0.1) is 0 Å². The average Bonchev–Trinajstić information content (AvgIpc) is 2.42. The van der Waals surface area contributed by atoms with Crippen LogP contribution in [0.15, 0.2) is 0 Å². The fraction of sp³-hybridized carbons (Fsp3) is 0.875. The minimum atomic E-state index is -0.461. The number of rotatable bonds is 4. The van der Waals surface area contributed by atoms with E-state index < -0.39 is 5.60 Å². The van der Waals surface area contributed by atoms with Gasteiger partial charge in [-0.05, 0) is 58.3 Å². The smallest absolute Gasteiger partial charge is 0.407 e. The van der Waals surface area contributed by atoms with Gasteiger partial charge in [-0.25, -0.2) is 4.79 Å². The molecule has 0 saturated heterocycles. The van der Waals surface area contributed by atoms with E-state index in [0.29, 0.717) is 18.4 Å². The van der Waals surface area contributed by atoms with Crippen molar-refractivity contribution in [2.45, 2.75) is 59.0 Å². The Kier molecular flexibility index (Phi) is 6.49. The molecule has 1 N–H and O–H groups in total. The molecule has 1 fully saturated rings. The summed E-state index contributed by atoms with van der Waals surface area (Å²) in [6, 6.07) is 0. The number of methoxy groups -OCH3 is 1. The molecule has 0 aromatic heterocycles. The zero-order valence-corrected chi connectivity index (χ0v) is 13.9. The minimum Gasteiger partial charge on any atom is -0.469 e. The van der Waals surface area contributed by atoms with E-state index in [1.807, 2.05) is 27.7 Å². The van der Waals surface area contributed by atoms with E-state index >= 15 is 0 Å². The van der Waals surface area contributed by atoms with Crippen molar-refractivity contribution in [3.63, 3.8) is 0 Å². The van der Waals surface area contributed by atoms with Crippen LogP contribution in [0.4, 0.5) is 4.79 Å². The minimum absolute atomic E-state index is 0.0326. The van der Waals surface area contributed by atoms with Crippen LogP contribution in [-0.2, 0) is 14.3 Å². The third-order valence-corrected chi connectivity index (χ3v) is 4.11. The standard InChI is InChI=1S/C16H29NO4/c1-11(14(18)20-5)13-8-6-12(7-9-13)10-17-15(19)21-16(2,3)4/h11-13H,6-10H2,1-5H3,(H,17,19). The maximum absolute atomic E-state index is 11.6. The Morgan fingerprint density at radius 3 is 2.24 bits per heavy atom. The monoisotopic (exact) mass is 299 g/mol. The van der Waals surface area contributed by atoms with Crippen molar-refractivity contribution in [3.8, 4) is 0 Å². The number of carbonyl (C=O) groups is 2. The Bertz CT molecular complexity index is 354. The summed E-state index contributed by atoms with van der Waals surface area (Å²) < 4.78 is 10.0. The van der Waals surface area contributed by atoms with Crippen LogP contribution in [0.3, 0.4) is 0 Å². The van der Waals surface area contributed by atoms with E-state index in [2.05, 4.69) is 5.32 Å². The lowest BCUT2D eigenvalue weighted by Crippen LogP contribution is -2.36. The van der Waals surface area contributed by atoms with Gasteiger partial charge in [0.1, 0.15) is 5.60 Å². The van der Waals surface area contributed by atoms with Crippen molar-refractivity contribution in [2.75, 3.05) is 13.7 Å². The number of alkyl carbamates (subject to hydrolysis) is 1. The number of ether oxygens (including phenoxy) is 2. The van der Waals surface area contributed by atoms with Gasteiger partial charge in [0, 0.05) is 6.54 Å². The number of esters is 1. The van der Waals surface area contributed by atoms with Crippen molar-refractivity contribution in [1.29, 1.82) is 0 Å². The topological polar surface area (TPSA) is 64.6 Å². The SMILES string of the molecule is COC(=O)C(C)C1CCC(CNC(=O)OC(C)(C)C)CC1. The Morgan fingerprint density at radius 1 is 1.19 bits per heavy atom. The van der Waals surface area contributed by atoms with Crippen molar-refractivity contribution in [3.05, 3.63) is 0 Å². The fourth-order valence-electron chi connectivity index (χ4n) is 2.81. The first-order valence-electron chi connectivity index (χ1n) is 7.77. The van der Waals surface area contributed by atoms with E-state index in [-0.39, 0.29) is 18.0 Å². The first-order chi connectivity index (χ1) is 9.73. The highest BCUT2D eigenvalue weighted by Gasteiger charge is 2.29. The zero-order valence-electron chi connectivity index (χ0n) is 13.9. The van der Waals surface area contributed by atoms with E-state index in [1.165, 1.54) is 7.11 Å². The number of nitrogens with one attached hydrogen (secondary N) is 1. The molecule has 1 rings (SSSR count). The molecule has 0 aliphatic heterocycles. The van der Waals surface area contributed by atoms with Crippen LogP contribution >= 0.6 is 0 Å². The molecule has 1 aliphatic rings. The summed E-state index contributed by atoms with van der Waals surface area (Å²) in [6.45, 7) is 8.15. The van der Waals surface area contributed by atoms with Crippen LogP contribution in [0.2, 0.25) is 0 Å².